The van der Waals surface area contributed by atoms with Gasteiger partial charge in [0.15, 0.2) is 0 Å². The smallest absolute Gasteiger partial charge is 0.303 e. The van der Waals surface area contributed by atoms with Crippen LogP contribution in [0.3, 0.4) is 0 Å². The zero-order chi connectivity index (χ0) is 9.35. The molecule has 0 saturated carbocycles. The SMILES string of the molecule is CN(C)S(=O)(=O)N1C[C@@H](N)CO1. The minimum atomic E-state index is -3.45. The number of nitrogens with zero attached hydrogens (tertiary/aromatic N) is 2. The summed E-state index contributed by atoms with van der Waals surface area (Å²) in [5.74, 6) is 0. The van der Waals surface area contributed by atoms with E-state index in [0.29, 0.717) is 0 Å². The van der Waals surface area contributed by atoms with E-state index < -0.39 is 10.2 Å². The molecule has 2 N–H and O–H groups in total. The Bertz CT molecular complexity index is 251. The molecule has 1 aliphatic heterocycles. The summed E-state index contributed by atoms with van der Waals surface area (Å²) in [5.41, 5.74) is 5.47. The monoisotopic (exact) mass is 195 g/mol. The van der Waals surface area contributed by atoms with E-state index >= 15 is 0 Å². The fourth-order valence-corrected chi connectivity index (χ4v) is 1.76. The van der Waals surface area contributed by atoms with Crippen LogP contribution in [0.5, 0.6) is 0 Å². The summed E-state index contributed by atoms with van der Waals surface area (Å²) in [4.78, 5) is 4.87. The fourth-order valence-electron chi connectivity index (χ4n) is 0.819. The summed E-state index contributed by atoms with van der Waals surface area (Å²) >= 11 is 0. The first-order valence-corrected chi connectivity index (χ1v) is 4.93. The molecule has 1 atom stereocenters. The predicted octanol–water partition coefficient (Wildman–Crippen LogP) is -1.63. The van der Waals surface area contributed by atoms with E-state index in [1.165, 1.54) is 14.1 Å². The van der Waals surface area contributed by atoms with Crippen LogP contribution in [0.4, 0.5) is 0 Å². The van der Waals surface area contributed by atoms with Crippen LogP contribution in [0.2, 0.25) is 0 Å². The second kappa shape index (κ2) is 3.27. The summed E-state index contributed by atoms with van der Waals surface area (Å²) in [5, 5.41) is 0. The van der Waals surface area contributed by atoms with Crippen molar-refractivity contribution in [2.45, 2.75) is 6.04 Å². The first kappa shape index (κ1) is 9.87. The second-order valence-corrected chi connectivity index (χ2v) is 4.86. The molecule has 0 aliphatic carbocycles. The summed E-state index contributed by atoms with van der Waals surface area (Å²) in [6, 6.07) is -0.222. The number of rotatable bonds is 2. The molecule has 1 saturated heterocycles. The molecule has 0 aromatic rings. The quantitative estimate of drug-likeness (QED) is 0.574. The Morgan fingerprint density at radius 1 is 1.58 bits per heavy atom. The van der Waals surface area contributed by atoms with Crippen LogP contribution in [0.15, 0.2) is 0 Å². The van der Waals surface area contributed by atoms with Gasteiger partial charge in [-0.05, 0) is 0 Å². The van der Waals surface area contributed by atoms with Gasteiger partial charge in [-0.15, -0.1) is 0 Å². The summed E-state index contributed by atoms with van der Waals surface area (Å²) < 4.78 is 24.7. The van der Waals surface area contributed by atoms with Gasteiger partial charge < -0.3 is 5.73 Å². The zero-order valence-electron chi connectivity index (χ0n) is 7.10. The molecular weight excluding hydrogens is 182 g/mol. The minimum Gasteiger partial charge on any atom is -0.324 e. The van der Waals surface area contributed by atoms with Gasteiger partial charge in [0, 0.05) is 20.1 Å². The Morgan fingerprint density at radius 2 is 2.17 bits per heavy atom. The topological polar surface area (TPSA) is 75.9 Å². The van der Waals surface area contributed by atoms with E-state index in [1.54, 1.807) is 0 Å². The standard InChI is InChI=1S/C5H13N3O3S/c1-7(2)12(9,10)8-3-5(6)4-11-8/h5H,3-4,6H2,1-2H3/t5-/m1/s1. The molecule has 12 heavy (non-hydrogen) atoms. The van der Waals surface area contributed by atoms with Crippen LogP contribution < -0.4 is 5.73 Å². The Labute approximate surface area is 72.0 Å². The van der Waals surface area contributed by atoms with Crippen LogP contribution in [-0.4, -0.2) is 50.5 Å². The van der Waals surface area contributed by atoms with Crippen molar-refractivity contribution < 1.29 is 13.3 Å². The summed E-state index contributed by atoms with van der Waals surface area (Å²) in [6.45, 7) is 0.480. The van der Waals surface area contributed by atoms with Crippen molar-refractivity contribution in [1.82, 2.24) is 8.77 Å². The molecule has 0 radical (unpaired) electrons. The molecule has 6 nitrogen and oxygen atoms in total. The number of hydrogen-bond acceptors (Lipinski definition) is 4. The van der Waals surface area contributed by atoms with Gasteiger partial charge in [-0.2, -0.15) is 12.7 Å². The molecule has 0 aromatic heterocycles. The lowest BCUT2D eigenvalue weighted by atomic mass is 10.4. The lowest BCUT2D eigenvalue weighted by Gasteiger charge is -2.18. The molecule has 0 aromatic carbocycles. The molecule has 0 spiro atoms. The van der Waals surface area contributed by atoms with E-state index in [1.807, 2.05) is 0 Å². The first-order chi connectivity index (χ1) is 5.44. The number of nitrogens with two attached hydrogens (primary N) is 1. The molecule has 1 heterocycles. The molecule has 72 valence electrons. The molecule has 0 amide bonds. The van der Waals surface area contributed by atoms with E-state index in [4.69, 9.17) is 10.6 Å². The highest BCUT2D eigenvalue weighted by Gasteiger charge is 2.32. The van der Waals surface area contributed by atoms with E-state index in [2.05, 4.69) is 0 Å². The number of hydrogen-bond donors (Lipinski definition) is 1. The maximum absolute atomic E-state index is 11.3. The van der Waals surface area contributed by atoms with Crippen molar-refractivity contribution in [3.05, 3.63) is 0 Å². The van der Waals surface area contributed by atoms with Crippen molar-refractivity contribution in [2.75, 3.05) is 27.2 Å². The van der Waals surface area contributed by atoms with Crippen molar-refractivity contribution >= 4 is 10.2 Å². The zero-order valence-corrected chi connectivity index (χ0v) is 7.91. The van der Waals surface area contributed by atoms with Crippen LogP contribution >= 0.6 is 0 Å². The lowest BCUT2D eigenvalue weighted by molar-refractivity contribution is -0.0330. The third-order valence-corrected chi connectivity index (χ3v) is 3.23. The fraction of sp³-hybridized carbons (Fsp3) is 1.00. The Kier molecular flexibility index (Phi) is 2.69. The Balaban J connectivity index is 2.71. The van der Waals surface area contributed by atoms with Gasteiger partial charge in [-0.25, -0.2) is 0 Å². The van der Waals surface area contributed by atoms with Gasteiger partial charge >= 0.3 is 10.2 Å². The van der Waals surface area contributed by atoms with Gasteiger partial charge in [-0.3, -0.25) is 4.84 Å². The molecule has 0 unspecified atom stereocenters. The maximum Gasteiger partial charge on any atom is 0.303 e. The summed E-state index contributed by atoms with van der Waals surface area (Å²) in [7, 11) is -0.551. The van der Waals surface area contributed by atoms with Crippen LogP contribution in [0, 0.1) is 0 Å². The second-order valence-electron chi connectivity index (χ2n) is 2.83. The normalized spacial score (nSPS) is 26.8. The van der Waals surface area contributed by atoms with Gasteiger partial charge in [0.1, 0.15) is 0 Å². The number of hydroxylamine groups is 1. The average Bonchev–Trinajstić information content (AvgIpc) is 2.35. The van der Waals surface area contributed by atoms with Crippen molar-refractivity contribution in [3.63, 3.8) is 0 Å². The van der Waals surface area contributed by atoms with E-state index in [-0.39, 0.29) is 19.2 Å². The molecule has 7 heteroatoms. The largest absolute Gasteiger partial charge is 0.324 e. The van der Waals surface area contributed by atoms with Crippen molar-refractivity contribution in [3.8, 4) is 0 Å². The third-order valence-electron chi connectivity index (χ3n) is 1.53. The molecule has 1 rings (SSSR count). The van der Waals surface area contributed by atoms with Crippen LogP contribution in [0.25, 0.3) is 0 Å². The highest BCUT2D eigenvalue weighted by atomic mass is 32.2. The molecule has 1 aliphatic rings. The van der Waals surface area contributed by atoms with Crippen LogP contribution in [-0.2, 0) is 15.0 Å². The van der Waals surface area contributed by atoms with E-state index in [0.717, 1.165) is 8.77 Å². The maximum atomic E-state index is 11.3. The highest BCUT2D eigenvalue weighted by molar-refractivity contribution is 7.86. The van der Waals surface area contributed by atoms with Gasteiger partial charge in [0.05, 0.1) is 13.2 Å². The highest BCUT2D eigenvalue weighted by Crippen LogP contribution is 2.11. The predicted molar refractivity (Wildman–Crippen MR) is 43.2 cm³/mol. The average molecular weight is 195 g/mol. The molecule has 0 bridgehead atoms. The van der Waals surface area contributed by atoms with Gasteiger partial charge in [0.25, 0.3) is 0 Å². The van der Waals surface area contributed by atoms with Crippen molar-refractivity contribution in [1.29, 1.82) is 0 Å². The lowest BCUT2D eigenvalue weighted by Crippen LogP contribution is -2.39. The minimum absolute atomic E-state index is 0.222. The van der Waals surface area contributed by atoms with Crippen LogP contribution in [0.1, 0.15) is 0 Å². The first-order valence-electron chi connectivity index (χ1n) is 3.53. The van der Waals surface area contributed by atoms with E-state index in [9.17, 15) is 8.42 Å². The Morgan fingerprint density at radius 3 is 2.50 bits per heavy atom. The summed E-state index contributed by atoms with van der Waals surface area (Å²) in [6.07, 6.45) is 0. The molecular formula is C5H13N3O3S. The Hall–Kier alpha value is -0.210. The van der Waals surface area contributed by atoms with Gasteiger partial charge in [0.2, 0.25) is 0 Å². The van der Waals surface area contributed by atoms with Gasteiger partial charge in [-0.1, -0.05) is 4.47 Å². The third kappa shape index (κ3) is 1.75. The van der Waals surface area contributed by atoms with Crippen molar-refractivity contribution in [2.24, 2.45) is 5.73 Å². The molecule has 1 fully saturated rings.